The number of ether oxygens (including phenoxy) is 1. The Bertz CT molecular complexity index is 81.0. The van der Waals surface area contributed by atoms with Gasteiger partial charge >= 0.3 is 0 Å². The molecular weight excluding hydrogens is 114 g/mol. The van der Waals surface area contributed by atoms with Gasteiger partial charge in [-0.25, -0.2) is 0 Å². The van der Waals surface area contributed by atoms with Crippen LogP contribution < -0.4 is 0 Å². The van der Waals surface area contributed by atoms with E-state index in [1.54, 1.807) is 13.2 Å². The highest BCUT2D eigenvalue weighted by molar-refractivity contribution is 4.80. The van der Waals surface area contributed by atoms with Crippen molar-refractivity contribution in [1.82, 2.24) is 4.90 Å². The van der Waals surface area contributed by atoms with Gasteiger partial charge in [-0.1, -0.05) is 6.08 Å². The molecule has 2 nitrogen and oxygen atoms in total. The predicted molar refractivity (Wildman–Crippen MR) is 39.5 cm³/mol. The Morgan fingerprint density at radius 1 is 1.67 bits per heavy atom. The molecule has 0 amide bonds. The van der Waals surface area contributed by atoms with Crippen molar-refractivity contribution in [3.8, 4) is 0 Å². The maximum absolute atomic E-state index is 5.05. The molecule has 0 spiro atoms. The molecule has 0 aromatic carbocycles. The van der Waals surface area contributed by atoms with Gasteiger partial charge in [0.1, 0.15) is 0 Å². The predicted octanol–water partition coefficient (Wildman–Crippen LogP) is 0.749. The lowest BCUT2D eigenvalue weighted by Gasteiger charge is -2.15. The molecule has 0 aromatic heterocycles. The van der Waals surface area contributed by atoms with E-state index in [9.17, 15) is 0 Å². The fourth-order valence-corrected chi connectivity index (χ4v) is 0.605. The Hall–Kier alpha value is -0.340. The number of hydrogen-bond acceptors (Lipinski definition) is 2. The van der Waals surface area contributed by atoms with E-state index in [1.165, 1.54) is 0 Å². The van der Waals surface area contributed by atoms with E-state index in [0.717, 1.165) is 6.54 Å². The molecule has 0 saturated carbocycles. The topological polar surface area (TPSA) is 12.5 Å². The Balaban J connectivity index is 3.42. The number of likely N-dealkylation sites (N-methyl/N-ethyl adjacent to an activating group) is 1. The maximum Gasteiger partial charge on any atom is 0.0876 e. The van der Waals surface area contributed by atoms with Crippen LogP contribution in [0.2, 0.25) is 0 Å². The minimum Gasteiger partial charge on any atom is -0.376 e. The molecule has 0 aliphatic heterocycles. The Morgan fingerprint density at radius 3 is 2.33 bits per heavy atom. The van der Waals surface area contributed by atoms with E-state index in [2.05, 4.69) is 11.5 Å². The van der Waals surface area contributed by atoms with Gasteiger partial charge in [-0.3, -0.25) is 0 Å². The average Bonchev–Trinajstić information content (AvgIpc) is 1.82. The maximum atomic E-state index is 5.05. The summed E-state index contributed by atoms with van der Waals surface area (Å²) >= 11 is 0. The van der Waals surface area contributed by atoms with Gasteiger partial charge < -0.3 is 9.64 Å². The molecule has 0 fully saturated rings. The number of nitrogens with zero attached hydrogens (tertiary/aromatic N) is 1. The van der Waals surface area contributed by atoms with Crippen LogP contribution in [0.4, 0.5) is 0 Å². The first-order valence-corrected chi connectivity index (χ1v) is 3.00. The summed E-state index contributed by atoms with van der Waals surface area (Å²) in [5, 5.41) is 0. The molecule has 0 heterocycles. The van der Waals surface area contributed by atoms with Crippen molar-refractivity contribution in [2.45, 2.75) is 6.10 Å². The van der Waals surface area contributed by atoms with E-state index in [0.29, 0.717) is 0 Å². The highest BCUT2D eigenvalue weighted by Gasteiger charge is 2.00. The van der Waals surface area contributed by atoms with E-state index >= 15 is 0 Å². The molecular formula is C7H15NO. The van der Waals surface area contributed by atoms with Crippen molar-refractivity contribution in [3.05, 3.63) is 12.7 Å². The van der Waals surface area contributed by atoms with Crippen molar-refractivity contribution in [2.75, 3.05) is 27.7 Å². The zero-order valence-electron chi connectivity index (χ0n) is 6.42. The minimum atomic E-state index is 0.167. The van der Waals surface area contributed by atoms with Gasteiger partial charge in [0.2, 0.25) is 0 Å². The quantitative estimate of drug-likeness (QED) is 0.519. The molecule has 1 atom stereocenters. The van der Waals surface area contributed by atoms with E-state index in [1.807, 2.05) is 14.1 Å². The lowest BCUT2D eigenvalue weighted by atomic mass is 10.3. The van der Waals surface area contributed by atoms with E-state index in [-0.39, 0.29) is 6.10 Å². The van der Waals surface area contributed by atoms with Crippen molar-refractivity contribution < 1.29 is 4.74 Å². The molecule has 0 bridgehead atoms. The number of rotatable bonds is 4. The van der Waals surface area contributed by atoms with E-state index < -0.39 is 0 Å². The van der Waals surface area contributed by atoms with Gasteiger partial charge in [0.15, 0.2) is 0 Å². The summed E-state index contributed by atoms with van der Waals surface area (Å²) in [7, 11) is 5.71. The Kier molecular flexibility index (Phi) is 4.36. The highest BCUT2D eigenvalue weighted by atomic mass is 16.5. The first-order valence-electron chi connectivity index (χ1n) is 3.00. The Morgan fingerprint density at radius 2 is 2.22 bits per heavy atom. The molecule has 0 aliphatic carbocycles. The first-order chi connectivity index (χ1) is 4.20. The average molecular weight is 129 g/mol. The van der Waals surface area contributed by atoms with Crippen molar-refractivity contribution in [2.24, 2.45) is 0 Å². The third-order valence-electron chi connectivity index (χ3n) is 1.11. The van der Waals surface area contributed by atoms with Crippen LogP contribution in [0.3, 0.4) is 0 Å². The van der Waals surface area contributed by atoms with Gasteiger partial charge in [-0.15, -0.1) is 6.58 Å². The van der Waals surface area contributed by atoms with Gasteiger partial charge in [0, 0.05) is 13.7 Å². The summed E-state index contributed by atoms with van der Waals surface area (Å²) in [4.78, 5) is 2.07. The third kappa shape index (κ3) is 4.18. The van der Waals surface area contributed by atoms with Crippen LogP contribution in [0, 0.1) is 0 Å². The molecule has 0 rings (SSSR count). The largest absolute Gasteiger partial charge is 0.376 e. The standard InChI is InChI=1S/C7H15NO/c1-5-7(9-4)6-8(2)3/h5,7H,1,6H2,2-4H3/t7-/m1/s1. The third-order valence-corrected chi connectivity index (χ3v) is 1.11. The second kappa shape index (κ2) is 4.53. The van der Waals surface area contributed by atoms with Crippen LogP contribution in [0.5, 0.6) is 0 Å². The summed E-state index contributed by atoms with van der Waals surface area (Å²) in [6, 6.07) is 0. The van der Waals surface area contributed by atoms with Crippen molar-refractivity contribution >= 4 is 0 Å². The molecule has 2 heteroatoms. The lowest BCUT2D eigenvalue weighted by Crippen LogP contribution is -2.25. The van der Waals surface area contributed by atoms with Gasteiger partial charge in [0.05, 0.1) is 6.10 Å². The molecule has 0 radical (unpaired) electrons. The molecule has 54 valence electrons. The molecule has 0 unspecified atom stereocenters. The monoisotopic (exact) mass is 129 g/mol. The van der Waals surface area contributed by atoms with Crippen LogP contribution in [0.15, 0.2) is 12.7 Å². The summed E-state index contributed by atoms with van der Waals surface area (Å²) in [6.07, 6.45) is 1.97. The van der Waals surface area contributed by atoms with Gasteiger partial charge in [-0.2, -0.15) is 0 Å². The SMILES string of the molecule is C=C[C@H](CN(C)C)OC. The first kappa shape index (κ1) is 8.66. The van der Waals surface area contributed by atoms with Crippen LogP contribution in [0.25, 0.3) is 0 Å². The van der Waals surface area contributed by atoms with Crippen LogP contribution >= 0.6 is 0 Å². The second-order valence-corrected chi connectivity index (χ2v) is 2.27. The second-order valence-electron chi connectivity index (χ2n) is 2.27. The van der Waals surface area contributed by atoms with E-state index in [4.69, 9.17) is 4.74 Å². The van der Waals surface area contributed by atoms with Gasteiger partial charge in [0.25, 0.3) is 0 Å². The lowest BCUT2D eigenvalue weighted by molar-refractivity contribution is 0.114. The molecule has 0 N–H and O–H groups in total. The molecule has 0 saturated heterocycles. The Labute approximate surface area is 57.1 Å². The van der Waals surface area contributed by atoms with Crippen molar-refractivity contribution in [3.63, 3.8) is 0 Å². The normalized spacial score (nSPS) is 13.8. The summed E-state index contributed by atoms with van der Waals surface area (Å²) < 4.78 is 5.05. The zero-order chi connectivity index (χ0) is 7.28. The van der Waals surface area contributed by atoms with Crippen LogP contribution in [0.1, 0.15) is 0 Å². The molecule has 0 aromatic rings. The number of methoxy groups -OCH3 is 1. The van der Waals surface area contributed by atoms with Crippen molar-refractivity contribution in [1.29, 1.82) is 0 Å². The fraction of sp³-hybridized carbons (Fsp3) is 0.714. The van der Waals surface area contributed by atoms with Crippen LogP contribution in [-0.2, 0) is 4.74 Å². The summed E-state index contributed by atoms with van der Waals surface area (Å²) in [6.45, 7) is 4.54. The smallest absolute Gasteiger partial charge is 0.0876 e. The summed E-state index contributed by atoms with van der Waals surface area (Å²) in [5.74, 6) is 0. The zero-order valence-corrected chi connectivity index (χ0v) is 6.42. The molecule has 9 heavy (non-hydrogen) atoms. The number of hydrogen-bond donors (Lipinski definition) is 0. The fourth-order valence-electron chi connectivity index (χ4n) is 0.605. The summed E-state index contributed by atoms with van der Waals surface area (Å²) in [5.41, 5.74) is 0. The minimum absolute atomic E-state index is 0.167. The highest BCUT2D eigenvalue weighted by Crippen LogP contribution is 1.91. The van der Waals surface area contributed by atoms with Crippen LogP contribution in [-0.4, -0.2) is 38.8 Å². The molecule has 0 aliphatic rings. The van der Waals surface area contributed by atoms with Gasteiger partial charge in [-0.05, 0) is 14.1 Å².